The highest BCUT2D eigenvalue weighted by atomic mass is 19.3. The van der Waals surface area contributed by atoms with Crippen molar-refractivity contribution in [2.75, 3.05) is 18.5 Å². The fourth-order valence-corrected chi connectivity index (χ4v) is 3.37. The number of carbonyl (C=O) groups is 1. The maximum atomic E-state index is 13.1. The van der Waals surface area contributed by atoms with Crippen LogP contribution >= 0.6 is 0 Å². The van der Waals surface area contributed by atoms with Gasteiger partial charge in [-0.15, -0.1) is 0 Å². The zero-order valence-electron chi connectivity index (χ0n) is 14.1. The molecule has 0 spiro atoms. The minimum Gasteiger partial charge on any atom is -0.466 e. The molecule has 0 amide bonds. The molecule has 3 rings (SSSR count). The number of halogens is 2. The fourth-order valence-electron chi connectivity index (χ4n) is 3.37. The number of nitrogens with one attached hydrogen (secondary N) is 1. The van der Waals surface area contributed by atoms with Crippen LogP contribution < -0.4 is 5.32 Å². The molecule has 1 aliphatic carbocycles. The Labute approximate surface area is 144 Å². The zero-order valence-corrected chi connectivity index (χ0v) is 14.1. The van der Waals surface area contributed by atoms with Crippen LogP contribution in [0.15, 0.2) is 24.3 Å². The van der Waals surface area contributed by atoms with Crippen molar-refractivity contribution in [1.82, 2.24) is 9.97 Å². The van der Waals surface area contributed by atoms with Crippen LogP contribution in [0.1, 0.15) is 44.9 Å². The standard InChI is InChI=1S/C18H21F2N3O2/c1-2-25-17(24)18(9-5-6-10-18)11-21-15-12-7-3-4-8-13(12)22-16(23-15)14(19)20/h3-4,7-8,14H,2,5-6,9-11H2,1H3,(H,21,22,23). The molecule has 134 valence electrons. The van der Waals surface area contributed by atoms with Crippen molar-refractivity contribution in [2.45, 2.75) is 39.0 Å². The molecule has 1 N–H and O–H groups in total. The molecular weight excluding hydrogens is 328 g/mol. The van der Waals surface area contributed by atoms with Crippen molar-refractivity contribution < 1.29 is 18.3 Å². The van der Waals surface area contributed by atoms with Crippen LogP contribution in [0.4, 0.5) is 14.6 Å². The molecule has 0 saturated heterocycles. The molecule has 0 atom stereocenters. The van der Waals surface area contributed by atoms with Gasteiger partial charge in [0.1, 0.15) is 5.82 Å². The first-order chi connectivity index (χ1) is 12.1. The number of fused-ring (bicyclic) bond motifs is 1. The first kappa shape index (κ1) is 17.5. The van der Waals surface area contributed by atoms with Crippen molar-refractivity contribution in [2.24, 2.45) is 5.41 Å². The minimum atomic E-state index is -2.75. The lowest BCUT2D eigenvalue weighted by Crippen LogP contribution is -2.37. The Balaban J connectivity index is 1.90. The Morgan fingerprint density at radius 3 is 2.68 bits per heavy atom. The molecule has 2 aromatic rings. The van der Waals surface area contributed by atoms with Crippen LogP contribution in [0, 0.1) is 5.41 Å². The predicted octanol–water partition coefficient (Wildman–Crippen LogP) is 4.10. The third-order valence-corrected chi connectivity index (χ3v) is 4.68. The van der Waals surface area contributed by atoms with Crippen LogP contribution in [0.3, 0.4) is 0 Å². The van der Waals surface area contributed by atoms with Crippen molar-refractivity contribution in [1.29, 1.82) is 0 Å². The van der Waals surface area contributed by atoms with E-state index < -0.39 is 17.7 Å². The smallest absolute Gasteiger partial charge is 0.313 e. The number of nitrogens with zero attached hydrogens (tertiary/aromatic N) is 2. The number of ether oxygens (including phenoxy) is 1. The van der Waals surface area contributed by atoms with Crippen LogP contribution in [-0.2, 0) is 9.53 Å². The largest absolute Gasteiger partial charge is 0.466 e. The summed E-state index contributed by atoms with van der Waals surface area (Å²) in [7, 11) is 0. The van der Waals surface area contributed by atoms with Crippen LogP contribution in [-0.4, -0.2) is 29.1 Å². The number of hydrogen-bond acceptors (Lipinski definition) is 5. The highest BCUT2D eigenvalue weighted by molar-refractivity contribution is 5.89. The molecular formula is C18H21F2N3O2. The lowest BCUT2D eigenvalue weighted by molar-refractivity contribution is -0.154. The second-order valence-corrected chi connectivity index (χ2v) is 6.31. The molecule has 1 aliphatic rings. The Morgan fingerprint density at radius 2 is 2.00 bits per heavy atom. The van der Waals surface area contributed by atoms with Gasteiger partial charge in [0, 0.05) is 11.9 Å². The van der Waals surface area contributed by atoms with E-state index in [-0.39, 0.29) is 5.97 Å². The monoisotopic (exact) mass is 349 g/mol. The first-order valence-corrected chi connectivity index (χ1v) is 8.52. The van der Waals surface area contributed by atoms with E-state index in [1.807, 2.05) is 0 Å². The van der Waals surface area contributed by atoms with Crippen molar-refractivity contribution in [3.05, 3.63) is 30.1 Å². The number of benzene rings is 1. The Morgan fingerprint density at radius 1 is 1.28 bits per heavy atom. The summed E-state index contributed by atoms with van der Waals surface area (Å²) in [6.45, 7) is 2.42. The van der Waals surface area contributed by atoms with Gasteiger partial charge in [-0.3, -0.25) is 4.79 Å². The van der Waals surface area contributed by atoms with E-state index in [1.165, 1.54) is 0 Å². The number of aromatic nitrogens is 2. The molecule has 1 aromatic heterocycles. The molecule has 0 radical (unpaired) electrons. The zero-order chi connectivity index (χ0) is 17.9. The quantitative estimate of drug-likeness (QED) is 0.796. The third kappa shape index (κ3) is 3.55. The topological polar surface area (TPSA) is 64.1 Å². The number of alkyl halides is 2. The molecule has 25 heavy (non-hydrogen) atoms. The first-order valence-electron chi connectivity index (χ1n) is 8.52. The summed E-state index contributed by atoms with van der Waals surface area (Å²) in [5, 5.41) is 3.78. The van der Waals surface area contributed by atoms with Gasteiger partial charge in [0.15, 0.2) is 5.82 Å². The van der Waals surface area contributed by atoms with E-state index in [4.69, 9.17) is 4.74 Å². The second kappa shape index (κ2) is 7.29. The lowest BCUT2D eigenvalue weighted by atomic mass is 9.86. The summed E-state index contributed by atoms with van der Waals surface area (Å²) in [5.41, 5.74) is -0.167. The molecule has 1 aromatic carbocycles. The Hall–Kier alpha value is -2.31. The highest BCUT2D eigenvalue weighted by Gasteiger charge is 2.42. The molecule has 1 heterocycles. The van der Waals surface area contributed by atoms with E-state index in [0.717, 1.165) is 25.7 Å². The van der Waals surface area contributed by atoms with Gasteiger partial charge < -0.3 is 10.1 Å². The Bertz CT molecular complexity index is 761. The highest BCUT2D eigenvalue weighted by Crippen LogP contribution is 2.39. The van der Waals surface area contributed by atoms with E-state index in [2.05, 4.69) is 15.3 Å². The van der Waals surface area contributed by atoms with Gasteiger partial charge in [-0.1, -0.05) is 25.0 Å². The number of para-hydroxylation sites is 1. The second-order valence-electron chi connectivity index (χ2n) is 6.31. The van der Waals surface area contributed by atoms with Gasteiger partial charge in [-0.2, -0.15) is 0 Å². The van der Waals surface area contributed by atoms with E-state index >= 15 is 0 Å². The molecule has 1 fully saturated rings. The van der Waals surface area contributed by atoms with Crippen molar-refractivity contribution in [3.8, 4) is 0 Å². The van der Waals surface area contributed by atoms with Crippen LogP contribution in [0.5, 0.6) is 0 Å². The molecule has 0 unspecified atom stereocenters. The average molecular weight is 349 g/mol. The van der Waals surface area contributed by atoms with Crippen molar-refractivity contribution >= 4 is 22.7 Å². The summed E-state index contributed by atoms with van der Waals surface area (Å²) in [5.74, 6) is -0.415. The molecule has 5 nitrogen and oxygen atoms in total. The molecule has 7 heteroatoms. The predicted molar refractivity (Wildman–Crippen MR) is 90.5 cm³/mol. The SMILES string of the molecule is CCOC(=O)C1(CNc2nc(C(F)F)nc3ccccc23)CCCC1. The maximum absolute atomic E-state index is 13.1. The number of esters is 1. The number of anilines is 1. The summed E-state index contributed by atoms with van der Waals surface area (Å²) in [4.78, 5) is 20.3. The van der Waals surface area contributed by atoms with E-state index in [9.17, 15) is 13.6 Å². The molecule has 0 aliphatic heterocycles. The number of hydrogen-bond donors (Lipinski definition) is 1. The van der Waals surface area contributed by atoms with Gasteiger partial charge in [-0.25, -0.2) is 18.7 Å². The van der Waals surface area contributed by atoms with Gasteiger partial charge >= 0.3 is 5.97 Å². The number of carbonyl (C=O) groups excluding carboxylic acids is 1. The summed E-state index contributed by atoms with van der Waals surface area (Å²) in [6.07, 6.45) is 0.601. The van der Waals surface area contributed by atoms with Crippen LogP contribution in [0.25, 0.3) is 10.9 Å². The fraction of sp³-hybridized carbons (Fsp3) is 0.500. The van der Waals surface area contributed by atoms with Gasteiger partial charge in [0.25, 0.3) is 6.43 Å². The maximum Gasteiger partial charge on any atom is 0.313 e. The molecule has 0 bridgehead atoms. The molecule has 1 saturated carbocycles. The third-order valence-electron chi connectivity index (χ3n) is 4.68. The van der Waals surface area contributed by atoms with E-state index in [0.29, 0.717) is 29.9 Å². The normalized spacial score (nSPS) is 16.3. The van der Waals surface area contributed by atoms with Gasteiger partial charge in [-0.05, 0) is 31.9 Å². The van der Waals surface area contributed by atoms with Crippen LogP contribution in [0.2, 0.25) is 0 Å². The lowest BCUT2D eigenvalue weighted by Gasteiger charge is -2.27. The summed E-state index contributed by atoms with van der Waals surface area (Å²) >= 11 is 0. The minimum absolute atomic E-state index is 0.229. The average Bonchev–Trinajstić information content (AvgIpc) is 3.10. The summed E-state index contributed by atoms with van der Waals surface area (Å²) in [6, 6.07) is 6.99. The van der Waals surface area contributed by atoms with Gasteiger partial charge in [0.05, 0.1) is 17.5 Å². The Kier molecular flexibility index (Phi) is 5.11. The summed E-state index contributed by atoms with van der Waals surface area (Å²) < 4.78 is 31.4. The van der Waals surface area contributed by atoms with Gasteiger partial charge in [0.2, 0.25) is 0 Å². The number of rotatable bonds is 6. The van der Waals surface area contributed by atoms with E-state index in [1.54, 1.807) is 31.2 Å². The van der Waals surface area contributed by atoms with Crippen molar-refractivity contribution in [3.63, 3.8) is 0 Å².